The summed E-state index contributed by atoms with van der Waals surface area (Å²) < 4.78 is 0. The van der Waals surface area contributed by atoms with Gasteiger partial charge in [-0.2, -0.15) is 0 Å². The molecule has 0 radical (unpaired) electrons. The van der Waals surface area contributed by atoms with Gasteiger partial charge in [0.1, 0.15) is 0 Å². The number of carbonyl (C=O) groups is 1. The first kappa shape index (κ1) is 12.4. The molecule has 2 N–H and O–H groups in total. The van der Waals surface area contributed by atoms with Gasteiger partial charge in [-0.3, -0.25) is 4.79 Å². The molecule has 0 saturated carbocycles. The Morgan fingerprint density at radius 3 is 2.94 bits per heavy atom. The summed E-state index contributed by atoms with van der Waals surface area (Å²) >= 11 is 6.10. The number of hydrogen-bond donors (Lipinski definition) is 2. The number of amides is 1. The third-order valence-electron chi connectivity index (χ3n) is 3.16. The van der Waals surface area contributed by atoms with Crippen LogP contribution in [0.25, 0.3) is 0 Å². The van der Waals surface area contributed by atoms with E-state index in [2.05, 4.69) is 10.6 Å². The average Bonchev–Trinajstić information content (AvgIpc) is 2.82. The van der Waals surface area contributed by atoms with E-state index in [4.69, 9.17) is 11.6 Å². The van der Waals surface area contributed by atoms with Gasteiger partial charge in [-0.05, 0) is 31.5 Å². The van der Waals surface area contributed by atoms with Crippen LogP contribution in [0.3, 0.4) is 0 Å². The van der Waals surface area contributed by atoms with Crippen LogP contribution < -0.4 is 10.6 Å². The molecule has 1 aliphatic rings. The van der Waals surface area contributed by atoms with E-state index in [0.29, 0.717) is 5.02 Å². The topological polar surface area (TPSA) is 41.1 Å². The number of hydrogen-bond acceptors (Lipinski definition) is 2. The van der Waals surface area contributed by atoms with Crippen molar-refractivity contribution in [3.05, 3.63) is 34.9 Å². The molecule has 1 amide bonds. The summed E-state index contributed by atoms with van der Waals surface area (Å²) in [5.41, 5.74) is 0.966. The molecule has 1 heterocycles. The van der Waals surface area contributed by atoms with E-state index in [1.165, 1.54) is 0 Å². The van der Waals surface area contributed by atoms with E-state index < -0.39 is 0 Å². The Balaban J connectivity index is 1.99. The lowest BCUT2D eigenvalue weighted by atomic mass is 10.1. The van der Waals surface area contributed by atoms with Crippen LogP contribution in [0, 0.1) is 5.92 Å². The summed E-state index contributed by atoms with van der Waals surface area (Å²) in [6.07, 6.45) is 0.918. The lowest BCUT2D eigenvalue weighted by molar-refractivity contribution is -0.125. The minimum Gasteiger partial charge on any atom is -0.349 e. The Bertz CT molecular complexity index is 402. The highest BCUT2D eigenvalue weighted by molar-refractivity contribution is 6.31. The fraction of sp³-hybridized carbons (Fsp3) is 0.462. The molecular weight excluding hydrogens is 236 g/mol. The number of benzene rings is 1. The molecule has 1 saturated heterocycles. The van der Waals surface area contributed by atoms with Gasteiger partial charge < -0.3 is 10.6 Å². The van der Waals surface area contributed by atoms with Gasteiger partial charge >= 0.3 is 0 Å². The molecular formula is C13H17ClN2O. The minimum atomic E-state index is -0.0446. The second-order valence-electron chi connectivity index (χ2n) is 4.44. The maximum absolute atomic E-state index is 11.9. The van der Waals surface area contributed by atoms with Crippen molar-refractivity contribution in [3.8, 4) is 0 Å². The summed E-state index contributed by atoms with van der Waals surface area (Å²) in [4.78, 5) is 11.9. The molecule has 4 heteroatoms. The first-order valence-electron chi connectivity index (χ1n) is 5.94. The van der Waals surface area contributed by atoms with E-state index in [9.17, 15) is 4.79 Å². The Morgan fingerprint density at radius 2 is 2.29 bits per heavy atom. The summed E-state index contributed by atoms with van der Waals surface area (Å²) in [6.45, 7) is 3.67. The van der Waals surface area contributed by atoms with Crippen LogP contribution in [0.1, 0.15) is 24.9 Å². The van der Waals surface area contributed by atoms with Crippen LogP contribution >= 0.6 is 11.6 Å². The average molecular weight is 253 g/mol. The summed E-state index contributed by atoms with van der Waals surface area (Å²) in [5.74, 6) is 0.211. The van der Waals surface area contributed by atoms with Gasteiger partial charge in [0.05, 0.1) is 12.0 Å². The zero-order chi connectivity index (χ0) is 12.3. The molecule has 2 atom stereocenters. The van der Waals surface area contributed by atoms with E-state index >= 15 is 0 Å². The van der Waals surface area contributed by atoms with Gasteiger partial charge in [-0.15, -0.1) is 0 Å². The fourth-order valence-electron chi connectivity index (χ4n) is 2.11. The van der Waals surface area contributed by atoms with E-state index in [1.54, 1.807) is 0 Å². The maximum atomic E-state index is 11.9. The predicted molar refractivity (Wildman–Crippen MR) is 69.0 cm³/mol. The largest absolute Gasteiger partial charge is 0.349 e. The van der Waals surface area contributed by atoms with Crippen LogP contribution in [0.5, 0.6) is 0 Å². The highest BCUT2D eigenvalue weighted by atomic mass is 35.5. The van der Waals surface area contributed by atoms with Gasteiger partial charge in [-0.25, -0.2) is 0 Å². The SMILES string of the molecule is C[C@@H](NC(=O)C1CCNC1)c1ccccc1Cl. The lowest BCUT2D eigenvalue weighted by Crippen LogP contribution is -2.33. The maximum Gasteiger partial charge on any atom is 0.224 e. The zero-order valence-electron chi connectivity index (χ0n) is 9.87. The molecule has 0 spiro atoms. The molecule has 0 aliphatic carbocycles. The van der Waals surface area contributed by atoms with Crippen molar-refractivity contribution in [1.82, 2.24) is 10.6 Å². The molecule has 1 aliphatic heterocycles. The Kier molecular flexibility index (Phi) is 4.02. The fourth-order valence-corrected chi connectivity index (χ4v) is 2.41. The molecule has 2 rings (SSSR count). The van der Waals surface area contributed by atoms with Crippen molar-refractivity contribution < 1.29 is 4.79 Å². The molecule has 3 nitrogen and oxygen atoms in total. The smallest absolute Gasteiger partial charge is 0.224 e. The summed E-state index contributed by atoms with van der Waals surface area (Å²) in [5, 5.41) is 6.91. The van der Waals surface area contributed by atoms with Gasteiger partial charge in [0, 0.05) is 11.6 Å². The third-order valence-corrected chi connectivity index (χ3v) is 3.51. The normalized spacial score (nSPS) is 21.2. The zero-order valence-corrected chi connectivity index (χ0v) is 10.6. The highest BCUT2D eigenvalue weighted by Crippen LogP contribution is 2.22. The van der Waals surface area contributed by atoms with Gasteiger partial charge in [0.2, 0.25) is 5.91 Å². The van der Waals surface area contributed by atoms with E-state index in [-0.39, 0.29) is 17.9 Å². The molecule has 1 fully saturated rings. The predicted octanol–water partition coefficient (Wildman–Crippen LogP) is 2.13. The summed E-state index contributed by atoms with van der Waals surface area (Å²) in [7, 11) is 0. The first-order chi connectivity index (χ1) is 8.18. The Hall–Kier alpha value is -1.06. The van der Waals surface area contributed by atoms with Crippen molar-refractivity contribution in [2.75, 3.05) is 13.1 Å². The molecule has 92 valence electrons. The third kappa shape index (κ3) is 2.99. The molecule has 17 heavy (non-hydrogen) atoms. The molecule has 1 aromatic carbocycles. The number of nitrogens with one attached hydrogen (secondary N) is 2. The van der Waals surface area contributed by atoms with Crippen molar-refractivity contribution in [3.63, 3.8) is 0 Å². The van der Waals surface area contributed by atoms with Crippen molar-refractivity contribution in [2.45, 2.75) is 19.4 Å². The number of carbonyl (C=O) groups excluding carboxylic acids is 1. The van der Waals surface area contributed by atoms with Crippen molar-refractivity contribution >= 4 is 17.5 Å². The standard InChI is InChI=1S/C13H17ClN2O/c1-9(11-4-2-3-5-12(11)14)16-13(17)10-6-7-15-8-10/h2-5,9-10,15H,6-8H2,1H3,(H,16,17)/t9-,10?/m1/s1. The quantitative estimate of drug-likeness (QED) is 0.865. The summed E-state index contributed by atoms with van der Waals surface area (Å²) in [6, 6.07) is 7.57. The Morgan fingerprint density at radius 1 is 1.53 bits per heavy atom. The van der Waals surface area contributed by atoms with Crippen LogP contribution in [0.4, 0.5) is 0 Å². The molecule has 0 bridgehead atoms. The second-order valence-corrected chi connectivity index (χ2v) is 4.85. The van der Waals surface area contributed by atoms with Crippen LogP contribution in [0.15, 0.2) is 24.3 Å². The lowest BCUT2D eigenvalue weighted by Gasteiger charge is -2.18. The van der Waals surface area contributed by atoms with Crippen LogP contribution in [0.2, 0.25) is 5.02 Å². The monoisotopic (exact) mass is 252 g/mol. The molecule has 1 aromatic rings. The first-order valence-corrected chi connectivity index (χ1v) is 6.32. The molecule has 0 aromatic heterocycles. The van der Waals surface area contributed by atoms with Crippen LogP contribution in [-0.2, 0) is 4.79 Å². The van der Waals surface area contributed by atoms with E-state index in [1.807, 2.05) is 31.2 Å². The van der Waals surface area contributed by atoms with Crippen LogP contribution in [-0.4, -0.2) is 19.0 Å². The minimum absolute atomic E-state index is 0.0446. The van der Waals surface area contributed by atoms with Gasteiger partial charge in [0.15, 0.2) is 0 Å². The van der Waals surface area contributed by atoms with Crippen molar-refractivity contribution in [1.29, 1.82) is 0 Å². The highest BCUT2D eigenvalue weighted by Gasteiger charge is 2.24. The molecule has 1 unspecified atom stereocenters. The van der Waals surface area contributed by atoms with Gasteiger partial charge in [0.25, 0.3) is 0 Å². The van der Waals surface area contributed by atoms with E-state index in [0.717, 1.165) is 25.1 Å². The Labute approximate surface area is 107 Å². The number of halogens is 1. The second kappa shape index (κ2) is 5.52. The number of rotatable bonds is 3. The van der Waals surface area contributed by atoms with Crippen molar-refractivity contribution in [2.24, 2.45) is 5.92 Å². The van der Waals surface area contributed by atoms with Gasteiger partial charge in [-0.1, -0.05) is 29.8 Å².